The van der Waals surface area contributed by atoms with Crippen LogP contribution in [0.1, 0.15) is 34.6 Å². The van der Waals surface area contributed by atoms with E-state index in [2.05, 4.69) is 21.3 Å². The molecule has 0 aromatic rings. The second-order valence-electron chi connectivity index (χ2n) is 28.2. The number of amides is 4. The number of rotatable bonds is 28. The Labute approximate surface area is 629 Å². The van der Waals surface area contributed by atoms with Gasteiger partial charge in [0, 0.05) is 27.7 Å². The van der Waals surface area contributed by atoms with Crippen molar-refractivity contribution < 1.29 is 222 Å². The fourth-order valence-corrected chi connectivity index (χ4v) is 14.3. The summed E-state index contributed by atoms with van der Waals surface area (Å²) < 4.78 is 101. The molecule has 0 radical (unpaired) electrons. The van der Waals surface area contributed by atoms with Gasteiger partial charge in [0.05, 0.1) is 59.0 Å². The molecule has 0 aromatic carbocycles. The van der Waals surface area contributed by atoms with Crippen LogP contribution in [0.15, 0.2) is 0 Å². The average molecular weight is 1630 g/mol. The Bertz CT molecular complexity index is 2950. The Kier molecular flexibility index (Phi) is 32.6. The van der Waals surface area contributed by atoms with E-state index in [-0.39, 0.29) is 0 Å². The molecule has 9 saturated heterocycles. The van der Waals surface area contributed by atoms with Gasteiger partial charge in [0.2, 0.25) is 23.6 Å². The second kappa shape index (κ2) is 39.7. The van der Waals surface area contributed by atoms with E-state index in [1.54, 1.807) is 0 Å². The Morgan fingerprint density at radius 3 is 1.03 bits per heavy atom. The highest BCUT2D eigenvalue weighted by Gasteiger charge is 2.61. The first kappa shape index (κ1) is 91.1. The monoisotopic (exact) mass is 1620 g/mol. The highest BCUT2D eigenvalue weighted by atomic mass is 16.8. The van der Waals surface area contributed by atoms with Crippen LogP contribution in [0.4, 0.5) is 0 Å². The molecule has 0 bridgehead atoms. The van der Waals surface area contributed by atoms with E-state index < -0.39 is 353 Å². The quantitative estimate of drug-likeness (QED) is 0.0346. The van der Waals surface area contributed by atoms with Crippen LogP contribution in [0.2, 0.25) is 0 Å². The van der Waals surface area contributed by atoms with Gasteiger partial charge in [0.25, 0.3) is 0 Å². The lowest BCUT2D eigenvalue weighted by atomic mass is 9.93. The minimum atomic E-state index is -2.55. The number of aliphatic hydroxyl groups excluding tert-OH is 24. The molecule has 9 aliphatic rings. The molecule has 45 atom stereocenters. The van der Waals surface area contributed by atoms with Crippen molar-refractivity contribution in [3.05, 3.63) is 0 Å². The van der Waals surface area contributed by atoms with E-state index in [0.29, 0.717) is 0 Å². The molecule has 111 heavy (non-hydrogen) atoms. The Morgan fingerprint density at radius 1 is 0.252 bits per heavy atom. The van der Waals surface area contributed by atoms with Crippen LogP contribution >= 0.6 is 0 Å². The fourth-order valence-electron chi connectivity index (χ4n) is 14.3. The largest absolute Gasteiger partial charge is 0.394 e. The maximum atomic E-state index is 13.2. The number of carbonyl (C=O) groups is 4. The topological polar surface area (TPSA) is 759 Å². The molecule has 9 rings (SSSR count). The van der Waals surface area contributed by atoms with Gasteiger partial charge in [-0.2, -0.15) is 0 Å². The predicted octanol–water partition coefficient (Wildman–Crippen LogP) is -19.0. The summed E-state index contributed by atoms with van der Waals surface area (Å²) >= 11 is 0. The van der Waals surface area contributed by atoms with Crippen molar-refractivity contribution in [2.45, 2.75) is 311 Å². The zero-order valence-electron chi connectivity index (χ0n) is 59.9. The zero-order chi connectivity index (χ0) is 81.8. The Balaban J connectivity index is 1.05. The van der Waals surface area contributed by atoms with Crippen LogP contribution in [0.5, 0.6) is 0 Å². The van der Waals surface area contributed by atoms with Gasteiger partial charge < -0.3 is 224 Å². The van der Waals surface area contributed by atoms with Gasteiger partial charge >= 0.3 is 0 Å². The third-order valence-electron chi connectivity index (χ3n) is 20.3. The summed E-state index contributed by atoms with van der Waals surface area (Å²) in [6, 6.07) is -7.39. The van der Waals surface area contributed by atoms with Gasteiger partial charge in [-0.05, 0) is 6.92 Å². The highest BCUT2D eigenvalue weighted by Crippen LogP contribution is 2.40. The lowest BCUT2D eigenvalue weighted by Gasteiger charge is -2.51. The van der Waals surface area contributed by atoms with Crippen LogP contribution in [-0.2, 0) is 99.7 Å². The van der Waals surface area contributed by atoms with Gasteiger partial charge in [0.15, 0.2) is 56.6 Å². The molecule has 0 unspecified atom stereocenters. The second-order valence-corrected chi connectivity index (χ2v) is 28.2. The summed E-state index contributed by atoms with van der Waals surface area (Å²) in [5.74, 6) is -3.59. The molecular weight excluding hydrogens is 1520 g/mol. The number of hydrogen-bond acceptors (Lipinski definition) is 45. The summed E-state index contributed by atoms with van der Waals surface area (Å²) in [4.78, 5) is 50.9. The first-order valence-corrected chi connectivity index (χ1v) is 35.5. The third-order valence-corrected chi connectivity index (χ3v) is 20.3. The molecule has 9 heterocycles. The molecule has 9 fully saturated rings. The van der Waals surface area contributed by atoms with Crippen molar-refractivity contribution in [2.24, 2.45) is 0 Å². The summed E-state index contributed by atoms with van der Waals surface area (Å²) in [7, 11) is 0. The normalized spacial score (nSPS) is 49.3. The molecule has 49 nitrogen and oxygen atoms in total. The third kappa shape index (κ3) is 20.3. The minimum absolute atomic E-state index is 0.827. The highest BCUT2D eigenvalue weighted by molar-refractivity contribution is 5.74. The molecular formula is C62H104N4O45. The van der Waals surface area contributed by atoms with Gasteiger partial charge in [0.1, 0.15) is 213 Å². The maximum Gasteiger partial charge on any atom is 0.217 e. The summed E-state index contributed by atoms with van der Waals surface area (Å²) in [6.07, 6.45) is -83.2. The molecule has 0 saturated carbocycles. The maximum absolute atomic E-state index is 13.2. The fraction of sp³-hybridized carbons (Fsp3) is 0.935. The standard InChI is InChI=1S/C62H104N4O45/c1-14-31(77)41(87)45(91)58(97-14)95-13-26-50(38(84)27(54(94)98-26)63-15(2)73)106-56-29(65-17(4)75)39(85)49(24(11-72)103-56)108-60-47(93)51(109-62-53(44(90)35(81)22(9-70)102-62)111-55-28(64-16(3)74)37(83)32(78)19(6-67)99-55)36(82)25(105-60)12-96-61-52(43(89)34(80)21(8-69)101-61)110-57-30(66-18(5)76)40(86)48(23(10-71)104-57)107-59-46(92)42(88)33(79)20(7-68)100-59/h14,19-62,67-72,77-94H,6-13H2,1-5H3,(H,63,73)(H,64,74)(H,65,75)(H,66,76)/t14-,19+,20+,21+,22+,23+,24+,25+,26+,27+,28+,29+,30+,31+,32+,33-,34+,35+,36+,37+,38+,39+,40+,41+,42-,43-,44-,45-,46+,47-,48+,49+,50+,51-,52-,53-,54+,55-,56-,57-,58+,59-,60-,61-,62+/m0/s1. The first-order chi connectivity index (χ1) is 52.4. The van der Waals surface area contributed by atoms with E-state index >= 15 is 0 Å². The molecule has 642 valence electrons. The van der Waals surface area contributed by atoms with Crippen molar-refractivity contribution in [1.29, 1.82) is 0 Å². The van der Waals surface area contributed by atoms with Crippen LogP contribution in [0.3, 0.4) is 0 Å². The van der Waals surface area contributed by atoms with Gasteiger partial charge in [-0.3, -0.25) is 19.2 Å². The van der Waals surface area contributed by atoms with Gasteiger partial charge in [-0.1, -0.05) is 0 Å². The smallest absolute Gasteiger partial charge is 0.217 e. The SMILES string of the molecule is CC(=O)N[C@@H]1[C@@H](O)[C@H](O[C@@H]2O[C@H](CO)[C@@H](O[C@@H]3O[C@H](CO[C@H]4O[C@H](CO)[C@@H](O)[C@H](O)[C@@H]4O[C@@H]4O[C@H](CO)[C@@H](O[C@@H]5O[C@H](CO)[C@H](O)[C@H](O)[C@H]5O)[C@H](O)[C@H]4NC(C)=O)[C@@H](O)[C@H](O[C@H]4O[C@H](CO)[C@@H](O)[C@H](O)[C@@H]4O[C@@H]4O[C@H](CO)[C@@H](O)[C@H](O)[C@H]4NC(C)=O)[C@@H]3O)[C@H](O)[C@H]2NC(C)=O)[C@@H](CO[C@@H]2O[C@@H](C)[C@@H](O)[C@@H](O)[C@@H]2O)O[C@H]1O. The van der Waals surface area contributed by atoms with Crippen molar-refractivity contribution in [1.82, 2.24) is 21.3 Å². The average Bonchev–Trinajstić information content (AvgIpc) is 0.774. The molecule has 9 aliphatic heterocycles. The van der Waals surface area contributed by atoms with Crippen LogP contribution < -0.4 is 21.3 Å². The van der Waals surface area contributed by atoms with Crippen LogP contribution in [0.25, 0.3) is 0 Å². The zero-order valence-corrected chi connectivity index (χ0v) is 59.9. The summed E-state index contributed by atoms with van der Waals surface area (Å²) in [5, 5.41) is 276. The van der Waals surface area contributed by atoms with Gasteiger partial charge in [-0.25, -0.2) is 0 Å². The molecule has 0 spiro atoms. The summed E-state index contributed by atoms with van der Waals surface area (Å²) in [5.41, 5.74) is 0. The molecule has 28 N–H and O–H groups in total. The molecule has 0 aliphatic carbocycles. The van der Waals surface area contributed by atoms with E-state index in [4.69, 9.17) is 80.5 Å². The lowest BCUT2D eigenvalue weighted by molar-refractivity contribution is -0.396. The van der Waals surface area contributed by atoms with Gasteiger partial charge in [-0.15, -0.1) is 0 Å². The van der Waals surface area contributed by atoms with Crippen molar-refractivity contribution >= 4 is 23.6 Å². The van der Waals surface area contributed by atoms with E-state index in [1.165, 1.54) is 6.92 Å². The predicted molar refractivity (Wildman–Crippen MR) is 342 cm³/mol. The van der Waals surface area contributed by atoms with E-state index in [9.17, 15) is 142 Å². The number of hydrogen-bond donors (Lipinski definition) is 28. The number of aliphatic hydroxyl groups is 24. The number of carbonyl (C=O) groups excluding carboxylic acids is 4. The Morgan fingerprint density at radius 2 is 0.559 bits per heavy atom. The van der Waals surface area contributed by atoms with E-state index in [1.807, 2.05) is 0 Å². The van der Waals surface area contributed by atoms with Crippen LogP contribution in [-0.4, -0.2) is 475 Å². The van der Waals surface area contributed by atoms with Crippen molar-refractivity contribution in [3.8, 4) is 0 Å². The Hall–Kier alpha value is -3.76. The van der Waals surface area contributed by atoms with E-state index in [0.717, 1.165) is 27.7 Å². The minimum Gasteiger partial charge on any atom is -0.394 e. The lowest BCUT2D eigenvalue weighted by Crippen LogP contribution is -2.71. The molecule has 0 aromatic heterocycles. The molecule has 49 heteroatoms. The van der Waals surface area contributed by atoms with Crippen molar-refractivity contribution in [3.63, 3.8) is 0 Å². The number of nitrogens with one attached hydrogen (secondary N) is 4. The van der Waals surface area contributed by atoms with Crippen molar-refractivity contribution in [2.75, 3.05) is 52.9 Å². The number of ether oxygens (including phenoxy) is 17. The molecule has 4 amide bonds. The van der Waals surface area contributed by atoms with Crippen LogP contribution in [0, 0.1) is 0 Å². The summed E-state index contributed by atoms with van der Waals surface area (Å²) in [6.45, 7) is -3.36. The first-order valence-electron chi connectivity index (χ1n) is 35.5.